The molecule has 21 heavy (non-hydrogen) atoms. The van der Waals surface area contributed by atoms with Gasteiger partial charge in [0.15, 0.2) is 0 Å². The Morgan fingerprint density at radius 2 is 1.86 bits per heavy atom. The third-order valence-corrected chi connectivity index (χ3v) is 3.98. The lowest BCUT2D eigenvalue weighted by Gasteiger charge is -2.09. The van der Waals surface area contributed by atoms with Crippen LogP contribution in [0.25, 0.3) is 16.5 Å². The molecule has 1 N–H and O–H groups in total. The van der Waals surface area contributed by atoms with E-state index in [4.69, 9.17) is 0 Å². The number of aromatic nitrogens is 2. The molecular weight excluding hydrogens is 264 g/mol. The summed E-state index contributed by atoms with van der Waals surface area (Å²) in [5.74, 6) is -0.298. The van der Waals surface area contributed by atoms with Crippen molar-refractivity contribution in [2.45, 2.75) is 18.8 Å². The van der Waals surface area contributed by atoms with Gasteiger partial charge >= 0.3 is 5.97 Å². The molecule has 0 radical (unpaired) electrons. The molecule has 1 saturated carbocycles. The van der Waals surface area contributed by atoms with Gasteiger partial charge in [0.1, 0.15) is 0 Å². The number of aromatic carboxylic acids is 1. The number of hydrogen-bond acceptors (Lipinski definition) is 2. The Morgan fingerprint density at radius 3 is 2.57 bits per heavy atom. The van der Waals surface area contributed by atoms with Gasteiger partial charge in [0.2, 0.25) is 0 Å². The van der Waals surface area contributed by atoms with Gasteiger partial charge in [0.05, 0.1) is 16.9 Å². The first kappa shape index (κ1) is 12.1. The van der Waals surface area contributed by atoms with Crippen LogP contribution in [0.5, 0.6) is 0 Å². The van der Waals surface area contributed by atoms with Crippen LogP contribution in [0.4, 0.5) is 0 Å². The zero-order chi connectivity index (χ0) is 14.4. The second-order valence-electron chi connectivity index (χ2n) is 5.44. The Kier molecular flexibility index (Phi) is 2.57. The maximum absolute atomic E-state index is 11.3. The van der Waals surface area contributed by atoms with Crippen LogP contribution in [0.3, 0.4) is 0 Å². The van der Waals surface area contributed by atoms with E-state index in [1.54, 1.807) is 6.07 Å². The molecule has 104 valence electrons. The third-order valence-electron chi connectivity index (χ3n) is 3.98. The summed E-state index contributed by atoms with van der Waals surface area (Å²) in [6.07, 6.45) is 4.39. The van der Waals surface area contributed by atoms with Crippen molar-refractivity contribution in [1.82, 2.24) is 9.78 Å². The molecule has 1 fully saturated rings. The summed E-state index contributed by atoms with van der Waals surface area (Å²) in [4.78, 5) is 11.3. The van der Waals surface area contributed by atoms with Crippen LogP contribution in [0.1, 0.15) is 34.8 Å². The zero-order valence-electron chi connectivity index (χ0n) is 11.4. The molecule has 0 spiro atoms. The van der Waals surface area contributed by atoms with Crippen molar-refractivity contribution in [2.75, 3.05) is 0 Å². The summed E-state index contributed by atoms with van der Waals surface area (Å²) in [7, 11) is 0. The number of carboxylic acids is 1. The highest BCUT2D eigenvalue weighted by molar-refractivity contribution is 6.06. The van der Waals surface area contributed by atoms with Gasteiger partial charge < -0.3 is 5.11 Å². The second kappa shape index (κ2) is 4.45. The summed E-state index contributed by atoms with van der Waals surface area (Å²) < 4.78 is 1.85. The first-order valence-electron chi connectivity index (χ1n) is 7.05. The molecule has 2 aromatic carbocycles. The van der Waals surface area contributed by atoms with E-state index in [-0.39, 0.29) is 0 Å². The van der Waals surface area contributed by atoms with Gasteiger partial charge in [-0.3, -0.25) is 0 Å². The molecule has 0 amide bonds. The van der Waals surface area contributed by atoms with Crippen LogP contribution in [-0.4, -0.2) is 20.9 Å². The number of carboxylic acid groups (broad SMARTS) is 1. The van der Waals surface area contributed by atoms with Gasteiger partial charge in [-0.2, -0.15) is 5.10 Å². The topological polar surface area (TPSA) is 55.1 Å². The summed E-state index contributed by atoms with van der Waals surface area (Å²) in [6, 6.07) is 13.1. The van der Waals surface area contributed by atoms with E-state index >= 15 is 0 Å². The maximum Gasteiger partial charge on any atom is 0.336 e. The van der Waals surface area contributed by atoms with Crippen molar-refractivity contribution in [1.29, 1.82) is 0 Å². The molecule has 0 atom stereocenters. The molecule has 0 saturated heterocycles. The number of nitrogens with zero attached hydrogens (tertiary/aromatic N) is 2. The second-order valence-corrected chi connectivity index (χ2v) is 5.44. The van der Waals surface area contributed by atoms with Crippen LogP contribution >= 0.6 is 0 Å². The van der Waals surface area contributed by atoms with Crippen molar-refractivity contribution >= 4 is 16.7 Å². The average molecular weight is 278 g/mol. The molecule has 1 aliphatic rings. The highest BCUT2D eigenvalue weighted by Gasteiger charge is 2.26. The van der Waals surface area contributed by atoms with Gasteiger partial charge in [-0.05, 0) is 36.4 Å². The Morgan fingerprint density at radius 1 is 1.10 bits per heavy atom. The fraction of sp³-hybridized carbons (Fsp3) is 0.176. The average Bonchev–Trinajstić information content (AvgIpc) is 3.24. The standard InChI is InChI=1S/C17H14N2O2/c20-17(21)14-7-8-16(13-4-2-1-3-12(13)14)19-10-9-15(18-19)11-5-6-11/h1-4,7-11H,5-6H2,(H,20,21). The number of carbonyl (C=O) groups is 1. The Bertz CT molecular complexity index is 847. The molecular formula is C17H14N2O2. The summed E-state index contributed by atoms with van der Waals surface area (Å²) in [6.45, 7) is 0. The number of fused-ring (bicyclic) bond motifs is 1. The van der Waals surface area contributed by atoms with E-state index in [0.717, 1.165) is 22.2 Å². The van der Waals surface area contributed by atoms with Crippen LogP contribution in [-0.2, 0) is 0 Å². The summed E-state index contributed by atoms with van der Waals surface area (Å²) in [5, 5.41) is 15.6. The molecule has 4 heteroatoms. The SMILES string of the molecule is O=C(O)c1ccc(-n2ccc(C3CC3)n2)c2ccccc12. The van der Waals surface area contributed by atoms with Crippen molar-refractivity contribution in [3.63, 3.8) is 0 Å². The predicted octanol–water partition coefficient (Wildman–Crippen LogP) is 3.60. The van der Waals surface area contributed by atoms with Crippen molar-refractivity contribution in [2.24, 2.45) is 0 Å². The van der Waals surface area contributed by atoms with Gasteiger partial charge in [-0.15, -0.1) is 0 Å². The van der Waals surface area contributed by atoms with Gasteiger partial charge in [-0.25, -0.2) is 9.48 Å². The lowest BCUT2D eigenvalue weighted by atomic mass is 10.0. The highest BCUT2D eigenvalue weighted by Crippen LogP contribution is 2.39. The quantitative estimate of drug-likeness (QED) is 0.796. The molecule has 4 nitrogen and oxygen atoms in total. The van der Waals surface area contributed by atoms with Crippen molar-refractivity contribution in [3.8, 4) is 5.69 Å². The fourth-order valence-electron chi connectivity index (χ4n) is 2.74. The minimum atomic E-state index is -0.906. The van der Waals surface area contributed by atoms with Gasteiger partial charge in [0.25, 0.3) is 0 Å². The molecule has 3 aromatic rings. The lowest BCUT2D eigenvalue weighted by molar-refractivity contribution is 0.0699. The normalized spacial score (nSPS) is 14.5. The molecule has 1 aromatic heterocycles. The minimum absolute atomic E-state index is 0.323. The lowest BCUT2D eigenvalue weighted by Crippen LogP contribution is -2.02. The van der Waals surface area contributed by atoms with E-state index in [1.165, 1.54) is 12.8 Å². The molecule has 1 aliphatic carbocycles. The van der Waals surface area contributed by atoms with Crippen LogP contribution in [0, 0.1) is 0 Å². The summed E-state index contributed by atoms with van der Waals surface area (Å²) >= 11 is 0. The maximum atomic E-state index is 11.3. The van der Waals surface area contributed by atoms with Crippen LogP contribution in [0.15, 0.2) is 48.7 Å². The number of rotatable bonds is 3. The van der Waals surface area contributed by atoms with E-state index < -0.39 is 5.97 Å². The zero-order valence-corrected chi connectivity index (χ0v) is 11.4. The predicted molar refractivity (Wildman–Crippen MR) is 80.0 cm³/mol. The van der Waals surface area contributed by atoms with Crippen molar-refractivity contribution in [3.05, 3.63) is 59.9 Å². The van der Waals surface area contributed by atoms with E-state index in [2.05, 4.69) is 11.2 Å². The highest BCUT2D eigenvalue weighted by atomic mass is 16.4. The largest absolute Gasteiger partial charge is 0.478 e. The molecule has 0 aliphatic heterocycles. The fourth-order valence-corrected chi connectivity index (χ4v) is 2.74. The molecule has 4 rings (SSSR count). The van der Waals surface area contributed by atoms with Crippen molar-refractivity contribution < 1.29 is 9.90 Å². The first-order chi connectivity index (χ1) is 10.2. The Labute approximate surface area is 121 Å². The summed E-state index contributed by atoms with van der Waals surface area (Å²) in [5.41, 5.74) is 2.37. The Balaban J connectivity index is 1.92. The molecule has 1 heterocycles. The van der Waals surface area contributed by atoms with Gasteiger partial charge in [-0.1, -0.05) is 24.3 Å². The monoisotopic (exact) mass is 278 g/mol. The number of hydrogen-bond donors (Lipinski definition) is 1. The van der Waals surface area contributed by atoms with E-state index in [9.17, 15) is 9.90 Å². The van der Waals surface area contributed by atoms with E-state index in [0.29, 0.717) is 11.5 Å². The van der Waals surface area contributed by atoms with Crippen LogP contribution < -0.4 is 0 Å². The third kappa shape index (κ3) is 2.00. The minimum Gasteiger partial charge on any atom is -0.478 e. The van der Waals surface area contributed by atoms with E-state index in [1.807, 2.05) is 41.2 Å². The number of benzene rings is 2. The molecule has 0 bridgehead atoms. The molecule has 0 unspecified atom stereocenters. The van der Waals surface area contributed by atoms with Crippen LogP contribution in [0.2, 0.25) is 0 Å². The first-order valence-corrected chi connectivity index (χ1v) is 7.05. The van der Waals surface area contributed by atoms with Gasteiger partial charge in [0, 0.05) is 17.5 Å². The Hall–Kier alpha value is -2.62. The smallest absolute Gasteiger partial charge is 0.336 e.